The van der Waals surface area contributed by atoms with E-state index in [-0.39, 0.29) is 12.0 Å². The van der Waals surface area contributed by atoms with Crippen LogP contribution < -0.4 is 0 Å². The quantitative estimate of drug-likeness (QED) is 0.867. The minimum Gasteiger partial charge on any atom is -0.392 e. The van der Waals surface area contributed by atoms with Crippen LogP contribution in [0.5, 0.6) is 0 Å². The van der Waals surface area contributed by atoms with Crippen LogP contribution in [-0.4, -0.2) is 16.2 Å². The van der Waals surface area contributed by atoms with Gasteiger partial charge in [0.05, 0.1) is 6.10 Å². The van der Waals surface area contributed by atoms with Gasteiger partial charge >= 0.3 is 0 Å². The number of aromatic nitrogens is 1. The summed E-state index contributed by atoms with van der Waals surface area (Å²) >= 11 is 0. The molecule has 3 rings (SSSR count). The molecule has 2 aliphatic rings. The smallest absolute Gasteiger partial charge is 0.0652 e. The molecule has 2 heteroatoms. The highest BCUT2D eigenvalue weighted by molar-refractivity contribution is 5.27. The maximum atomic E-state index is 10.7. The van der Waals surface area contributed by atoms with E-state index in [0.29, 0.717) is 5.92 Å². The molecule has 0 aliphatic heterocycles. The average molecular weight is 245 g/mol. The Labute approximate surface area is 109 Å². The van der Waals surface area contributed by atoms with Crippen molar-refractivity contribution in [3.8, 4) is 0 Å². The molecule has 18 heavy (non-hydrogen) atoms. The number of fused-ring (bicyclic) bond motifs is 1. The summed E-state index contributed by atoms with van der Waals surface area (Å²) < 4.78 is 0. The molecule has 1 aromatic heterocycles. The summed E-state index contributed by atoms with van der Waals surface area (Å²) in [5, 5.41) is 10.7. The molecule has 1 heterocycles. The maximum absolute atomic E-state index is 10.7. The molecule has 1 N–H and O–H groups in total. The van der Waals surface area contributed by atoms with Gasteiger partial charge < -0.3 is 5.11 Å². The fourth-order valence-electron chi connectivity index (χ4n) is 3.87. The van der Waals surface area contributed by atoms with Crippen molar-refractivity contribution in [2.24, 2.45) is 11.8 Å². The Morgan fingerprint density at radius 3 is 3.00 bits per heavy atom. The van der Waals surface area contributed by atoms with Crippen LogP contribution in [0.2, 0.25) is 0 Å². The van der Waals surface area contributed by atoms with E-state index in [4.69, 9.17) is 0 Å². The van der Waals surface area contributed by atoms with E-state index in [1.54, 1.807) is 0 Å². The van der Waals surface area contributed by atoms with Gasteiger partial charge in [-0.3, -0.25) is 4.98 Å². The molecule has 2 nitrogen and oxygen atoms in total. The first-order valence-electron chi connectivity index (χ1n) is 7.37. The number of aryl methyl sites for hydroxylation is 1. The zero-order chi connectivity index (χ0) is 12.5. The summed E-state index contributed by atoms with van der Waals surface area (Å²) in [5.41, 5.74) is 2.54. The summed E-state index contributed by atoms with van der Waals surface area (Å²) in [7, 11) is 0. The highest BCUT2D eigenvalue weighted by Gasteiger charge is 2.35. The van der Waals surface area contributed by atoms with Gasteiger partial charge in [0.15, 0.2) is 0 Å². The molecule has 4 unspecified atom stereocenters. The lowest BCUT2D eigenvalue weighted by Crippen LogP contribution is -2.29. The van der Waals surface area contributed by atoms with Gasteiger partial charge in [0, 0.05) is 17.8 Å². The van der Waals surface area contributed by atoms with E-state index < -0.39 is 0 Å². The third kappa shape index (κ3) is 2.18. The maximum Gasteiger partial charge on any atom is 0.0652 e. The zero-order valence-electron chi connectivity index (χ0n) is 11.2. The highest BCUT2D eigenvalue weighted by Crippen LogP contribution is 2.41. The molecule has 1 saturated carbocycles. The molecule has 0 radical (unpaired) electrons. The van der Waals surface area contributed by atoms with Crippen molar-refractivity contribution in [1.82, 2.24) is 4.98 Å². The molecule has 2 aliphatic carbocycles. The average Bonchev–Trinajstić information content (AvgIpc) is 2.84. The van der Waals surface area contributed by atoms with Crippen LogP contribution in [0.25, 0.3) is 0 Å². The Morgan fingerprint density at radius 1 is 1.33 bits per heavy atom. The van der Waals surface area contributed by atoms with Crippen molar-refractivity contribution < 1.29 is 5.11 Å². The number of pyridine rings is 1. The molecular weight excluding hydrogens is 222 g/mol. The van der Waals surface area contributed by atoms with E-state index in [0.717, 1.165) is 18.8 Å². The Morgan fingerprint density at radius 2 is 2.22 bits per heavy atom. The van der Waals surface area contributed by atoms with Gasteiger partial charge in [-0.1, -0.05) is 19.4 Å². The number of nitrogens with zero attached hydrogens (tertiary/aromatic N) is 1. The Kier molecular flexibility index (Phi) is 3.38. The van der Waals surface area contributed by atoms with Gasteiger partial charge in [-0.25, -0.2) is 0 Å². The van der Waals surface area contributed by atoms with Crippen LogP contribution >= 0.6 is 0 Å². The lowest BCUT2D eigenvalue weighted by Gasteiger charge is -2.31. The van der Waals surface area contributed by atoms with E-state index >= 15 is 0 Å². The normalized spacial score (nSPS) is 33.1. The van der Waals surface area contributed by atoms with Gasteiger partial charge in [0.2, 0.25) is 0 Å². The van der Waals surface area contributed by atoms with E-state index in [2.05, 4.69) is 18.0 Å². The predicted octanol–water partition coefficient (Wildman–Crippen LogP) is 3.30. The van der Waals surface area contributed by atoms with Crippen LogP contribution in [0.3, 0.4) is 0 Å². The minimum atomic E-state index is -0.177. The zero-order valence-corrected chi connectivity index (χ0v) is 11.2. The number of hydrogen-bond donors (Lipinski definition) is 1. The van der Waals surface area contributed by atoms with E-state index in [9.17, 15) is 5.11 Å². The molecule has 1 aromatic rings. The van der Waals surface area contributed by atoms with Gasteiger partial charge in [0.25, 0.3) is 0 Å². The molecule has 0 bridgehead atoms. The van der Waals surface area contributed by atoms with Crippen LogP contribution in [-0.2, 0) is 6.42 Å². The number of rotatable bonds is 2. The van der Waals surface area contributed by atoms with Crippen molar-refractivity contribution in [3.63, 3.8) is 0 Å². The molecular formula is C16H23NO. The van der Waals surface area contributed by atoms with Gasteiger partial charge in [0.1, 0.15) is 0 Å². The van der Waals surface area contributed by atoms with Crippen molar-refractivity contribution in [1.29, 1.82) is 0 Å². The van der Waals surface area contributed by atoms with Crippen molar-refractivity contribution in [3.05, 3.63) is 29.6 Å². The van der Waals surface area contributed by atoms with Crippen molar-refractivity contribution in [2.45, 2.75) is 57.5 Å². The van der Waals surface area contributed by atoms with Gasteiger partial charge in [-0.2, -0.15) is 0 Å². The first-order chi connectivity index (χ1) is 8.75. The largest absolute Gasteiger partial charge is 0.392 e. The summed E-state index contributed by atoms with van der Waals surface area (Å²) in [6, 6.07) is 4.20. The standard InChI is InChI=1S/C16H23NO/c1-11-7-8-13(10-11)16(18)14-6-2-4-12-5-3-9-17-15(12)14/h3,5,9,11,13-14,16,18H,2,4,6-8,10H2,1H3. The van der Waals surface area contributed by atoms with Crippen molar-refractivity contribution in [2.75, 3.05) is 0 Å². The second-order valence-electron chi connectivity index (χ2n) is 6.22. The van der Waals surface area contributed by atoms with E-state index in [1.807, 2.05) is 12.3 Å². The third-order valence-corrected chi connectivity index (χ3v) is 4.87. The fourth-order valence-corrected chi connectivity index (χ4v) is 3.87. The molecule has 4 atom stereocenters. The first kappa shape index (κ1) is 12.2. The highest BCUT2D eigenvalue weighted by atomic mass is 16.3. The minimum absolute atomic E-state index is 0.177. The predicted molar refractivity (Wildman–Crippen MR) is 72.4 cm³/mol. The second-order valence-corrected chi connectivity index (χ2v) is 6.22. The van der Waals surface area contributed by atoms with Crippen LogP contribution in [0.1, 0.15) is 56.2 Å². The summed E-state index contributed by atoms with van der Waals surface area (Å²) in [5.74, 6) is 1.57. The summed E-state index contributed by atoms with van der Waals surface area (Å²) in [4.78, 5) is 4.55. The summed E-state index contributed by atoms with van der Waals surface area (Å²) in [6.07, 6.45) is 8.81. The first-order valence-corrected chi connectivity index (χ1v) is 7.37. The Balaban J connectivity index is 1.81. The number of aliphatic hydroxyl groups excluding tert-OH is 1. The van der Waals surface area contributed by atoms with Crippen LogP contribution in [0.15, 0.2) is 18.3 Å². The summed E-state index contributed by atoms with van der Waals surface area (Å²) in [6.45, 7) is 2.31. The Hall–Kier alpha value is -0.890. The molecule has 98 valence electrons. The SMILES string of the molecule is CC1CCC(C(O)C2CCCc3cccnc32)C1. The third-order valence-electron chi connectivity index (χ3n) is 4.87. The van der Waals surface area contributed by atoms with Crippen molar-refractivity contribution >= 4 is 0 Å². The lowest BCUT2D eigenvalue weighted by molar-refractivity contribution is 0.0733. The van der Waals surface area contributed by atoms with Gasteiger partial charge in [-0.05, 0) is 55.6 Å². The molecule has 1 fully saturated rings. The molecule has 0 amide bonds. The molecule has 0 spiro atoms. The Bertz CT molecular complexity index is 417. The number of hydrogen-bond acceptors (Lipinski definition) is 2. The number of aliphatic hydroxyl groups is 1. The lowest BCUT2D eigenvalue weighted by atomic mass is 9.78. The molecule has 0 aromatic carbocycles. The topological polar surface area (TPSA) is 33.1 Å². The second kappa shape index (κ2) is 5.00. The van der Waals surface area contributed by atoms with Crippen LogP contribution in [0, 0.1) is 11.8 Å². The van der Waals surface area contributed by atoms with E-state index in [1.165, 1.54) is 36.9 Å². The fraction of sp³-hybridized carbons (Fsp3) is 0.688. The van der Waals surface area contributed by atoms with Crippen LogP contribution in [0.4, 0.5) is 0 Å². The molecule has 0 saturated heterocycles. The van der Waals surface area contributed by atoms with Gasteiger partial charge in [-0.15, -0.1) is 0 Å². The monoisotopic (exact) mass is 245 g/mol.